The minimum Gasteiger partial charge on any atom is -0.396 e. The van der Waals surface area contributed by atoms with Gasteiger partial charge < -0.3 is 5.11 Å². The van der Waals surface area contributed by atoms with Crippen molar-refractivity contribution in [3.63, 3.8) is 0 Å². The Morgan fingerprint density at radius 2 is 2.07 bits per heavy atom. The Kier molecular flexibility index (Phi) is 4.15. The molecule has 1 aromatic rings. The molecule has 14 heavy (non-hydrogen) atoms. The summed E-state index contributed by atoms with van der Waals surface area (Å²) in [4.78, 5) is 0. The van der Waals surface area contributed by atoms with Crippen molar-refractivity contribution in [2.75, 3.05) is 6.61 Å². The van der Waals surface area contributed by atoms with E-state index in [0.717, 1.165) is 12.8 Å². The van der Waals surface area contributed by atoms with E-state index in [-0.39, 0.29) is 6.61 Å². The van der Waals surface area contributed by atoms with E-state index in [9.17, 15) is 0 Å². The highest BCUT2D eigenvalue weighted by Crippen LogP contribution is 2.15. The second-order valence-electron chi connectivity index (χ2n) is 4.11. The maximum atomic E-state index is 8.99. The van der Waals surface area contributed by atoms with Crippen molar-refractivity contribution >= 4 is 0 Å². The van der Waals surface area contributed by atoms with Crippen LogP contribution in [0.15, 0.2) is 18.2 Å². The highest BCUT2D eigenvalue weighted by atomic mass is 16.3. The maximum Gasteiger partial charge on any atom is 0.0459 e. The number of aliphatic hydroxyl groups is 1. The predicted molar refractivity (Wildman–Crippen MR) is 60.5 cm³/mol. The number of rotatable bonds is 4. The Labute approximate surface area is 86.8 Å². The third kappa shape index (κ3) is 2.85. The number of hydrogen-bond acceptors (Lipinski definition) is 1. The fraction of sp³-hybridized carbons (Fsp3) is 0.538. The zero-order valence-electron chi connectivity index (χ0n) is 9.38. The third-order valence-corrected chi connectivity index (χ3v) is 2.70. The van der Waals surface area contributed by atoms with Gasteiger partial charge in [0.05, 0.1) is 0 Å². The molecule has 0 spiro atoms. The zero-order chi connectivity index (χ0) is 10.6. The standard InChI is InChI=1S/C13H20O/c1-4-12-5-6-13(11(3)8-12)7-10(2)9-14/h5-6,8,10,14H,4,7,9H2,1-3H3. The average molecular weight is 192 g/mol. The number of hydrogen-bond donors (Lipinski definition) is 1. The largest absolute Gasteiger partial charge is 0.396 e. The van der Waals surface area contributed by atoms with E-state index in [1.54, 1.807) is 0 Å². The summed E-state index contributed by atoms with van der Waals surface area (Å²) in [5.74, 6) is 0.362. The molecule has 1 atom stereocenters. The topological polar surface area (TPSA) is 20.2 Å². The highest BCUT2D eigenvalue weighted by Gasteiger charge is 2.04. The molecule has 0 aliphatic carbocycles. The fourth-order valence-electron chi connectivity index (χ4n) is 1.65. The summed E-state index contributed by atoms with van der Waals surface area (Å²) in [6, 6.07) is 6.63. The van der Waals surface area contributed by atoms with Gasteiger partial charge in [-0.2, -0.15) is 0 Å². The second-order valence-corrected chi connectivity index (χ2v) is 4.11. The molecule has 0 saturated carbocycles. The van der Waals surface area contributed by atoms with Crippen molar-refractivity contribution in [1.29, 1.82) is 0 Å². The van der Waals surface area contributed by atoms with Crippen LogP contribution in [0.4, 0.5) is 0 Å². The average Bonchev–Trinajstić information content (AvgIpc) is 2.20. The van der Waals surface area contributed by atoms with Gasteiger partial charge in [0.1, 0.15) is 0 Å². The summed E-state index contributed by atoms with van der Waals surface area (Å²) in [6.07, 6.45) is 2.07. The number of benzene rings is 1. The quantitative estimate of drug-likeness (QED) is 0.777. The molecule has 1 rings (SSSR count). The molecule has 1 aromatic carbocycles. The van der Waals surface area contributed by atoms with Gasteiger partial charge in [0.15, 0.2) is 0 Å². The summed E-state index contributed by atoms with van der Waals surface area (Å²) < 4.78 is 0. The molecule has 0 amide bonds. The third-order valence-electron chi connectivity index (χ3n) is 2.70. The zero-order valence-corrected chi connectivity index (χ0v) is 9.38. The van der Waals surface area contributed by atoms with Crippen LogP contribution in [0.5, 0.6) is 0 Å². The molecule has 0 aromatic heterocycles. The Balaban J connectivity index is 2.78. The lowest BCUT2D eigenvalue weighted by atomic mass is 9.96. The highest BCUT2D eigenvalue weighted by molar-refractivity contribution is 5.31. The van der Waals surface area contributed by atoms with Crippen LogP contribution in [-0.4, -0.2) is 11.7 Å². The van der Waals surface area contributed by atoms with Crippen LogP contribution in [0.2, 0.25) is 0 Å². The molecule has 78 valence electrons. The summed E-state index contributed by atoms with van der Waals surface area (Å²) >= 11 is 0. The lowest BCUT2D eigenvalue weighted by Crippen LogP contribution is -2.05. The van der Waals surface area contributed by atoms with Crippen molar-refractivity contribution < 1.29 is 5.11 Å². The smallest absolute Gasteiger partial charge is 0.0459 e. The van der Waals surface area contributed by atoms with Gasteiger partial charge in [-0.25, -0.2) is 0 Å². The van der Waals surface area contributed by atoms with Gasteiger partial charge in [0, 0.05) is 6.61 Å². The molecule has 1 heteroatoms. The van der Waals surface area contributed by atoms with Gasteiger partial charge in [0.2, 0.25) is 0 Å². The van der Waals surface area contributed by atoms with E-state index < -0.39 is 0 Å². The normalized spacial score (nSPS) is 12.9. The van der Waals surface area contributed by atoms with Gasteiger partial charge in [0.25, 0.3) is 0 Å². The van der Waals surface area contributed by atoms with Gasteiger partial charge in [-0.15, -0.1) is 0 Å². The molecule has 0 radical (unpaired) electrons. The summed E-state index contributed by atoms with van der Waals surface area (Å²) in [5, 5.41) is 8.99. The molecular weight excluding hydrogens is 172 g/mol. The SMILES string of the molecule is CCc1ccc(CC(C)CO)c(C)c1. The number of aryl methyl sites for hydroxylation is 2. The predicted octanol–water partition coefficient (Wildman–Crippen LogP) is 2.73. The lowest BCUT2D eigenvalue weighted by molar-refractivity contribution is 0.237. The molecule has 1 N–H and O–H groups in total. The van der Waals surface area contributed by atoms with Gasteiger partial charge in [-0.3, -0.25) is 0 Å². The van der Waals surface area contributed by atoms with E-state index in [1.165, 1.54) is 16.7 Å². The number of aliphatic hydroxyl groups excluding tert-OH is 1. The molecule has 0 heterocycles. The maximum absolute atomic E-state index is 8.99. The molecular formula is C13H20O. The summed E-state index contributed by atoms with van der Waals surface area (Å²) in [6.45, 7) is 6.67. The van der Waals surface area contributed by atoms with Crippen LogP contribution < -0.4 is 0 Å². The summed E-state index contributed by atoms with van der Waals surface area (Å²) in [5.41, 5.74) is 4.11. The van der Waals surface area contributed by atoms with Crippen molar-refractivity contribution in [2.24, 2.45) is 5.92 Å². The van der Waals surface area contributed by atoms with Crippen molar-refractivity contribution in [2.45, 2.75) is 33.6 Å². The van der Waals surface area contributed by atoms with Crippen molar-refractivity contribution in [1.82, 2.24) is 0 Å². The van der Waals surface area contributed by atoms with E-state index in [4.69, 9.17) is 5.11 Å². The van der Waals surface area contributed by atoms with Crippen LogP contribution in [0.3, 0.4) is 0 Å². The lowest BCUT2D eigenvalue weighted by Gasteiger charge is -2.11. The van der Waals surface area contributed by atoms with E-state index in [1.807, 2.05) is 0 Å². The van der Waals surface area contributed by atoms with Gasteiger partial charge in [-0.1, -0.05) is 32.0 Å². The molecule has 1 unspecified atom stereocenters. The molecule has 0 bridgehead atoms. The molecule has 1 nitrogen and oxygen atoms in total. The van der Waals surface area contributed by atoms with Crippen LogP contribution in [0.1, 0.15) is 30.5 Å². The van der Waals surface area contributed by atoms with Crippen LogP contribution in [-0.2, 0) is 12.8 Å². The first-order valence-electron chi connectivity index (χ1n) is 5.36. The van der Waals surface area contributed by atoms with Crippen LogP contribution in [0, 0.1) is 12.8 Å². The first-order valence-corrected chi connectivity index (χ1v) is 5.36. The first kappa shape index (κ1) is 11.3. The molecule has 0 aliphatic rings. The Morgan fingerprint density at radius 3 is 2.57 bits per heavy atom. The molecule has 0 saturated heterocycles. The Hall–Kier alpha value is -0.820. The van der Waals surface area contributed by atoms with E-state index in [0.29, 0.717) is 5.92 Å². The monoisotopic (exact) mass is 192 g/mol. The van der Waals surface area contributed by atoms with Crippen molar-refractivity contribution in [3.05, 3.63) is 34.9 Å². The minimum absolute atomic E-state index is 0.273. The molecule has 0 aliphatic heterocycles. The molecule has 0 fully saturated rings. The second kappa shape index (κ2) is 5.16. The van der Waals surface area contributed by atoms with Crippen LogP contribution in [0.25, 0.3) is 0 Å². The van der Waals surface area contributed by atoms with E-state index in [2.05, 4.69) is 39.0 Å². The van der Waals surface area contributed by atoms with Gasteiger partial charge in [-0.05, 0) is 42.4 Å². The summed E-state index contributed by atoms with van der Waals surface area (Å²) in [7, 11) is 0. The fourth-order valence-corrected chi connectivity index (χ4v) is 1.65. The Morgan fingerprint density at radius 1 is 1.36 bits per heavy atom. The Bertz CT molecular complexity index is 291. The van der Waals surface area contributed by atoms with Crippen LogP contribution >= 0.6 is 0 Å². The van der Waals surface area contributed by atoms with E-state index >= 15 is 0 Å². The minimum atomic E-state index is 0.273. The first-order chi connectivity index (χ1) is 6.67. The van der Waals surface area contributed by atoms with Crippen molar-refractivity contribution in [3.8, 4) is 0 Å². The van der Waals surface area contributed by atoms with Gasteiger partial charge >= 0.3 is 0 Å².